The Morgan fingerprint density at radius 3 is 2.62 bits per heavy atom. The van der Waals surface area contributed by atoms with Gasteiger partial charge in [-0.15, -0.1) is 0 Å². The molecule has 1 unspecified atom stereocenters. The summed E-state index contributed by atoms with van der Waals surface area (Å²) in [5, 5.41) is 0. The first-order chi connectivity index (χ1) is 10.1. The van der Waals surface area contributed by atoms with E-state index in [1.165, 1.54) is 0 Å². The summed E-state index contributed by atoms with van der Waals surface area (Å²) in [5.74, 6) is 0.0935. The number of sulfonamides is 1. The third kappa shape index (κ3) is 3.56. The molecule has 0 aromatic heterocycles. The molecule has 0 spiro atoms. The molecule has 1 aliphatic carbocycles. The second-order valence-electron chi connectivity index (χ2n) is 5.89. The van der Waals surface area contributed by atoms with Crippen LogP contribution in [-0.2, 0) is 21.3 Å². The van der Waals surface area contributed by atoms with Crippen LogP contribution in [0.4, 0.5) is 5.69 Å². The molecule has 1 saturated heterocycles. The fraction of sp³-hybridized carbons (Fsp3) is 0.600. The monoisotopic (exact) mass is 310 g/mol. The van der Waals surface area contributed by atoms with Gasteiger partial charge in [-0.2, -0.15) is 4.31 Å². The van der Waals surface area contributed by atoms with Crippen LogP contribution in [0.3, 0.4) is 0 Å². The normalized spacial score (nSPS) is 22.8. The van der Waals surface area contributed by atoms with Crippen molar-refractivity contribution in [1.29, 1.82) is 0 Å². The molecule has 1 atom stereocenters. The van der Waals surface area contributed by atoms with Gasteiger partial charge >= 0.3 is 0 Å². The van der Waals surface area contributed by atoms with E-state index in [4.69, 9.17) is 10.5 Å². The molecule has 116 valence electrons. The van der Waals surface area contributed by atoms with E-state index in [-0.39, 0.29) is 17.9 Å². The highest BCUT2D eigenvalue weighted by atomic mass is 32.2. The minimum atomic E-state index is -3.30. The molecule has 1 heterocycles. The second kappa shape index (κ2) is 5.94. The lowest BCUT2D eigenvalue weighted by atomic mass is 10.2. The summed E-state index contributed by atoms with van der Waals surface area (Å²) in [5.41, 5.74) is 7.47. The van der Waals surface area contributed by atoms with Crippen LogP contribution in [0.2, 0.25) is 0 Å². The standard InChI is InChI=1S/C15H22N2O3S/c16-15-6-2-1-4-12(15)10-17(13-7-8-13)21(18,19)11-14-5-3-9-20-14/h1-2,4,6,13-14H,3,5,7-11,16H2. The Hall–Kier alpha value is -1.11. The molecule has 0 bridgehead atoms. The van der Waals surface area contributed by atoms with Crippen molar-refractivity contribution in [2.24, 2.45) is 0 Å². The Morgan fingerprint density at radius 2 is 2.00 bits per heavy atom. The van der Waals surface area contributed by atoms with Gasteiger partial charge in [0.1, 0.15) is 0 Å². The van der Waals surface area contributed by atoms with Gasteiger partial charge in [0.2, 0.25) is 10.0 Å². The lowest BCUT2D eigenvalue weighted by molar-refractivity contribution is 0.126. The number of nitrogens with zero attached hydrogens (tertiary/aromatic N) is 1. The second-order valence-corrected chi connectivity index (χ2v) is 7.85. The SMILES string of the molecule is Nc1ccccc1CN(C1CC1)S(=O)(=O)CC1CCCO1. The number of nitrogens with two attached hydrogens (primary N) is 1. The highest BCUT2D eigenvalue weighted by Gasteiger charge is 2.39. The Kier molecular flexibility index (Phi) is 4.19. The zero-order valence-electron chi connectivity index (χ0n) is 12.1. The summed E-state index contributed by atoms with van der Waals surface area (Å²) in [6, 6.07) is 7.60. The van der Waals surface area contributed by atoms with Crippen LogP contribution in [0.15, 0.2) is 24.3 Å². The van der Waals surface area contributed by atoms with Crippen molar-refractivity contribution in [3.05, 3.63) is 29.8 Å². The first-order valence-corrected chi connectivity index (χ1v) is 9.12. The van der Waals surface area contributed by atoms with E-state index in [2.05, 4.69) is 0 Å². The van der Waals surface area contributed by atoms with Crippen molar-refractivity contribution < 1.29 is 13.2 Å². The van der Waals surface area contributed by atoms with E-state index in [0.717, 1.165) is 31.2 Å². The van der Waals surface area contributed by atoms with Crippen LogP contribution >= 0.6 is 0 Å². The van der Waals surface area contributed by atoms with Gasteiger partial charge in [0, 0.05) is 24.9 Å². The number of anilines is 1. The molecule has 21 heavy (non-hydrogen) atoms. The van der Waals surface area contributed by atoms with Gasteiger partial charge in [-0.1, -0.05) is 18.2 Å². The summed E-state index contributed by atoms with van der Waals surface area (Å²) in [6.45, 7) is 1.04. The van der Waals surface area contributed by atoms with Gasteiger partial charge in [0.25, 0.3) is 0 Å². The van der Waals surface area contributed by atoms with Crippen LogP contribution in [0.25, 0.3) is 0 Å². The number of rotatable bonds is 6. The summed E-state index contributed by atoms with van der Waals surface area (Å²) in [7, 11) is -3.30. The average molecular weight is 310 g/mol. The van der Waals surface area contributed by atoms with Crippen molar-refractivity contribution >= 4 is 15.7 Å². The molecule has 0 radical (unpaired) electrons. The summed E-state index contributed by atoms with van der Waals surface area (Å²) >= 11 is 0. The first kappa shape index (κ1) is 14.8. The number of benzene rings is 1. The van der Waals surface area contributed by atoms with Crippen LogP contribution < -0.4 is 5.73 Å². The molecule has 1 aromatic rings. The summed E-state index contributed by atoms with van der Waals surface area (Å²) in [6.07, 6.45) is 3.53. The van der Waals surface area contributed by atoms with E-state index in [9.17, 15) is 8.42 Å². The highest BCUT2D eigenvalue weighted by Crippen LogP contribution is 2.32. The fourth-order valence-electron chi connectivity index (χ4n) is 2.77. The minimum absolute atomic E-state index is 0.0935. The predicted octanol–water partition coefficient (Wildman–Crippen LogP) is 1.74. The molecular weight excluding hydrogens is 288 g/mol. The van der Waals surface area contributed by atoms with Crippen LogP contribution in [0.5, 0.6) is 0 Å². The maximum absolute atomic E-state index is 12.7. The van der Waals surface area contributed by atoms with Crippen LogP contribution in [0, 0.1) is 0 Å². The van der Waals surface area contributed by atoms with E-state index in [1.807, 2.05) is 24.3 Å². The third-order valence-electron chi connectivity index (χ3n) is 4.11. The van der Waals surface area contributed by atoms with Gasteiger partial charge < -0.3 is 10.5 Å². The number of hydrogen-bond acceptors (Lipinski definition) is 4. The van der Waals surface area contributed by atoms with Crippen molar-refractivity contribution in [3.8, 4) is 0 Å². The molecule has 1 aromatic carbocycles. The quantitative estimate of drug-likeness (QED) is 0.812. The number of ether oxygens (including phenoxy) is 1. The topological polar surface area (TPSA) is 72.6 Å². The van der Waals surface area contributed by atoms with Gasteiger partial charge in [0.05, 0.1) is 11.9 Å². The van der Waals surface area contributed by atoms with Gasteiger partial charge in [-0.05, 0) is 37.3 Å². The molecule has 2 fully saturated rings. The molecule has 1 saturated carbocycles. The largest absolute Gasteiger partial charge is 0.398 e. The van der Waals surface area contributed by atoms with Gasteiger partial charge in [-0.3, -0.25) is 0 Å². The zero-order valence-corrected chi connectivity index (χ0v) is 12.9. The summed E-state index contributed by atoms with van der Waals surface area (Å²) in [4.78, 5) is 0. The zero-order chi connectivity index (χ0) is 14.9. The molecule has 2 N–H and O–H groups in total. The van der Waals surface area contributed by atoms with E-state index < -0.39 is 10.0 Å². The first-order valence-electron chi connectivity index (χ1n) is 7.51. The summed E-state index contributed by atoms with van der Waals surface area (Å²) < 4.78 is 32.5. The average Bonchev–Trinajstić information content (AvgIpc) is 3.15. The smallest absolute Gasteiger partial charge is 0.217 e. The van der Waals surface area contributed by atoms with Gasteiger partial charge in [0.15, 0.2) is 0 Å². The number of nitrogen functional groups attached to an aromatic ring is 1. The maximum Gasteiger partial charge on any atom is 0.217 e. The van der Waals surface area contributed by atoms with E-state index in [0.29, 0.717) is 18.8 Å². The molecule has 3 rings (SSSR count). The van der Waals surface area contributed by atoms with Crippen molar-refractivity contribution in [2.45, 2.75) is 44.4 Å². The van der Waals surface area contributed by atoms with Crippen molar-refractivity contribution in [2.75, 3.05) is 18.1 Å². The maximum atomic E-state index is 12.7. The predicted molar refractivity (Wildman–Crippen MR) is 82.2 cm³/mol. The Balaban J connectivity index is 1.76. The Morgan fingerprint density at radius 1 is 1.24 bits per heavy atom. The Labute approximate surface area is 126 Å². The lowest BCUT2D eigenvalue weighted by Gasteiger charge is -2.24. The molecule has 5 nitrogen and oxygen atoms in total. The van der Waals surface area contributed by atoms with Crippen molar-refractivity contribution in [3.63, 3.8) is 0 Å². The lowest BCUT2D eigenvalue weighted by Crippen LogP contribution is -2.38. The van der Waals surface area contributed by atoms with Crippen LogP contribution in [-0.4, -0.2) is 37.2 Å². The molecule has 6 heteroatoms. The van der Waals surface area contributed by atoms with Gasteiger partial charge in [-0.25, -0.2) is 8.42 Å². The van der Waals surface area contributed by atoms with Crippen LogP contribution in [0.1, 0.15) is 31.2 Å². The minimum Gasteiger partial charge on any atom is -0.398 e. The number of para-hydroxylation sites is 1. The molecule has 2 aliphatic rings. The molecular formula is C15H22N2O3S. The Bertz CT molecular complexity index is 593. The number of hydrogen-bond donors (Lipinski definition) is 1. The van der Waals surface area contributed by atoms with Crippen molar-refractivity contribution in [1.82, 2.24) is 4.31 Å². The highest BCUT2D eigenvalue weighted by molar-refractivity contribution is 7.89. The third-order valence-corrected chi connectivity index (χ3v) is 6.05. The van der Waals surface area contributed by atoms with E-state index >= 15 is 0 Å². The molecule has 1 aliphatic heterocycles. The van der Waals surface area contributed by atoms with E-state index in [1.54, 1.807) is 4.31 Å². The molecule has 0 amide bonds. The fourth-order valence-corrected chi connectivity index (χ4v) is 4.69.